The third-order valence-corrected chi connectivity index (χ3v) is 5.10. The Balaban J connectivity index is 1.58. The number of hydrogen-bond acceptors (Lipinski definition) is 8. The van der Waals surface area contributed by atoms with Gasteiger partial charge in [0.25, 0.3) is 5.19 Å². The highest BCUT2D eigenvalue weighted by atomic mass is 32.1. The maximum Gasteiger partial charge on any atom is 0.313 e. The van der Waals surface area contributed by atoms with Crippen LogP contribution in [0.1, 0.15) is 26.3 Å². The van der Waals surface area contributed by atoms with Crippen LogP contribution in [0.25, 0.3) is 21.3 Å². The number of furan rings is 1. The molecule has 3 aromatic heterocycles. The van der Waals surface area contributed by atoms with E-state index in [-0.39, 0.29) is 5.54 Å². The lowest BCUT2D eigenvalue weighted by Gasteiger charge is -2.31. The Hall–Kier alpha value is -2.97. The van der Waals surface area contributed by atoms with Crippen LogP contribution < -0.4 is 4.74 Å². The number of hydrogen-bond donors (Lipinski definition) is 0. The fraction of sp³-hybridized carbons (Fsp3) is 0.250. The number of benzene rings is 1. The molecule has 0 saturated carbocycles. The summed E-state index contributed by atoms with van der Waals surface area (Å²) in [7, 11) is 0. The van der Waals surface area contributed by atoms with Gasteiger partial charge >= 0.3 is 6.47 Å². The maximum absolute atomic E-state index is 10.8. The first kappa shape index (κ1) is 18.4. The lowest BCUT2D eigenvalue weighted by molar-refractivity contribution is -0.204. The minimum Gasteiger partial charge on any atom is -0.464 e. The first-order valence-electron chi connectivity index (χ1n) is 8.71. The summed E-state index contributed by atoms with van der Waals surface area (Å²) in [6, 6.07) is 9.44. The molecule has 144 valence electrons. The van der Waals surface area contributed by atoms with Crippen molar-refractivity contribution in [2.75, 3.05) is 0 Å². The molecule has 0 spiro atoms. The van der Waals surface area contributed by atoms with Gasteiger partial charge < -0.3 is 14.0 Å². The summed E-state index contributed by atoms with van der Waals surface area (Å²) >= 11 is 1.44. The van der Waals surface area contributed by atoms with Crippen molar-refractivity contribution in [2.45, 2.75) is 32.9 Å². The third kappa shape index (κ3) is 3.69. The van der Waals surface area contributed by atoms with E-state index in [1.54, 1.807) is 17.5 Å². The maximum atomic E-state index is 10.8. The van der Waals surface area contributed by atoms with Gasteiger partial charge in [-0.3, -0.25) is 4.79 Å². The normalized spacial score (nSPS) is 12.0. The van der Waals surface area contributed by atoms with E-state index in [2.05, 4.69) is 9.97 Å². The lowest BCUT2D eigenvalue weighted by Crippen LogP contribution is -2.40. The summed E-state index contributed by atoms with van der Waals surface area (Å²) in [5.41, 5.74) is 1.93. The summed E-state index contributed by atoms with van der Waals surface area (Å²) in [5.74, 6) is 0.629. The first-order valence-corrected chi connectivity index (χ1v) is 9.53. The van der Waals surface area contributed by atoms with E-state index < -0.39 is 0 Å². The van der Waals surface area contributed by atoms with Crippen LogP contribution in [-0.4, -0.2) is 27.0 Å². The zero-order chi connectivity index (χ0) is 19.7. The Morgan fingerprint density at radius 2 is 2.14 bits per heavy atom. The summed E-state index contributed by atoms with van der Waals surface area (Å²) in [4.78, 5) is 24.6. The number of carbonyl (C=O) groups is 1. The van der Waals surface area contributed by atoms with Crippen molar-refractivity contribution in [1.29, 1.82) is 0 Å². The number of ether oxygens (including phenoxy) is 1. The summed E-state index contributed by atoms with van der Waals surface area (Å²) in [6.07, 6.45) is 3.38. The van der Waals surface area contributed by atoms with Gasteiger partial charge in [-0.25, -0.2) is 4.98 Å². The van der Waals surface area contributed by atoms with Crippen LogP contribution in [0.15, 0.2) is 47.2 Å². The third-order valence-electron chi connectivity index (χ3n) is 4.21. The van der Waals surface area contributed by atoms with Crippen molar-refractivity contribution in [3.63, 3.8) is 0 Å². The number of rotatable bonds is 6. The second-order valence-electron chi connectivity index (χ2n) is 7.23. The summed E-state index contributed by atoms with van der Waals surface area (Å²) < 4.78 is 12.5. The summed E-state index contributed by atoms with van der Waals surface area (Å²) in [5, 5.41) is 3.07. The zero-order valence-electron chi connectivity index (χ0n) is 15.7. The van der Waals surface area contributed by atoms with Crippen molar-refractivity contribution in [1.82, 2.24) is 15.0 Å². The number of pyridine rings is 1. The SMILES string of the molecule is CC(C)(C)N(Cc1coc2cc(Oc3nc4ncccc4s3)ccc12)OC=O. The minimum atomic E-state index is -0.339. The van der Waals surface area contributed by atoms with Gasteiger partial charge in [0, 0.05) is 28.8 Å². The molecular formula is C20H19N3O4S. The van der Waals surface area contributed by atoms with E-state index >= 15 is 0 Å². The number of fused-ring (bicyclic) bond motifs is 2. The van der Waals surface area contributed by atoms with Crippen molar-refractivity contribution in [2.24, 2.45) is 0 Å². The minimum absolute atomic E-state index is 0.339. The van der Waals surface area contributed by atoms with Crippen molar-refractivity contribution < 1.29 is 18.8 Å². The first-order chi connectivity index (χ1) is 13.4. The van der Waals surface area contributed by atoms with Crippen LogP contribution in [0, 0.1) is 0 Å². The quantitative estimate of drug-likeness (QED) is 0.338. The van der Waals surface area contributed by atoms with E-state index in [1.807, 2.05) is 51.1 Å². The second kappa shape index (κ2) is 7.21. The molecule has 4 rings (SSSR count). The molecule has 0 unspecified atom stereocenters. The molecule has 0 radical (unpaired) electrons. The van der Waals surface area contributed by atoms with Crippen LogP contribution in [0.4, 0.5) is 0 Å². The fourth-order valence-electron chi connectivity index (χ4n) is 2.78. The predicted octanol–water partition coefficient (Wildman–Crippen LogP) is 4.92. The van der Waals surface area contributed by atoms with Gasteiger partial charge in [-0.15, -0.1) is 5.06 Å². The van der Waals surface area contributed by atoms with Gasteiger partial charge in [-0.1, -0.05) is 11.3 Å². The number of thiazole rings is 1. The molecule has 0 N–H and O–H groups in total. The van der Waals surface area contributed by atoms with E-state index in [9.17, 15) is 4.79 Å². The molecule has 8 heteroatoms. The van der Waals surface area contributed by atoms with E-state index in [4.69, 9.17) is 14.0 Å². The molecule has 0 atom stereocenters. The molecule has 0 aliphatic heterocycles. The topological polar surface area (TPSA) is 77.7 Å². The van der Waals surface area contributed by atoms with Gasteiger partial charge in [-0.2, -0.15) is 4.98 Å². The average Bonchev–Trinajstić information content (AvgIpc) is 3.23. The smallest absolute Gasteiger partial charge is 0.313 e. The molecule has 7 nitrogen and oxygen atoms in total. The number of nitrogens with zero attached hydrogens (tertiary/aromatic N) is 3. The molecule has 0 aliphatic rings. The summed E-state index contributed by atoms with van der Waals surface area (Å²) in [6.45, 7) is 6.76. The highest BCUT2D eigenvalue weighted by molar-refractivity contribution is 7.20. The Bertz CT molecular complexity index is 1100. The van der Waals surface area contributed by atoms with Gasteiger partial charge in [0.1, 0.15) is 11.3 Å². The fourth-order valence-corrected chi connectivity index (χ4v) is 3.58. The van der Waals surface area contributed by atoms with Crippen LogP contribution in [0.5, 0.6) is 10.9 Å². The molecule has 1 aromatic carbocycles. The average molecular weight is 397 g/mol. The molecule has 0 fully saturated rings. The van der Waals surface area contributed by atoms with Crippen molar-refractivity contribution >= 4 is 39.1 Å². The Morgan fingerprint density at radius 1 is 1.29 bits per heavy atom. The van der Waals surface area contributed by atoms with Gasteiger partial charge in [0.2, 0.25) is 0 Å². The number of aromatic nitrogens is 2. The van der Waals surface area contributed by atoms with E-state index in [0.29, 0.717) is 35.2 Å². The van der Waals surface area contributed by atoms with Crippen LogP contribution in [0.3, 0.4) is 0 Å². The van der Waals surface area contributed by atoms with Crippen molar-refractivity contribution in [3.8, 4) is 10.9 Å². The van der Waals surface area contributed by atoms with E-state index in [1.165, 1.54) is 11.3 Å². The molecule has 3 heterocycles. The number of carbonyl (C=O) groups excluding carboxylic acids is 1. The van der Waals surface area contributed by atoms with Gasteiger partial charge in [0.05, 0.1) is 17.5 Å². The van der Waals surface area contributed by atoms with Crippen LogP contribution in [0.2, 0.25) is 0 Å². The highest BCUT2D eigenvalue weighted by Gasteiger charge is 2.25. The Kier molecular flexibility index (Phi) is 4.74. The largest absolute Gasteiger partial charge is 0.464 e. The van der Waals surface area contributed by atoms with Crippen molar-refractivity contribution in [3.05, 3.63) is 48.4 Å². The molecule has 0 aliphatic carbocycles. The standard InChI is InChI=1S/C20H19N3O4S/c1-20(2,3)23(26-12-24)10-13-11-25-16-9-14(6-7-15(13)16)27-19-22-18-17(28-19)5-4-8-21-18/h4-9,11-12H,10H2,1-3H3. The van der Waals surface area contributed by atoms with Gasteiger partial charge in [-0.05, 0) is 45.0 Å². The second-order valence-corrected chi connectivity index (χ2v) is 8.23. The number of hydroxylamine groups is 2. The van der Waals surface area contributed by atoms with Gasteiger partial charge in [0.15, 0.2) is 5.65 Å². The molecule has 28 heavy (non-hydrogen) atoms. The molecular weight excluding hydrogens is 378 g/mol. The van der Waals surface area contributed by atoms with E-state index in [0.717, 1.165) is 15.6 Å². The molecule has 0 bridgehead atoms. The Morgan fingerprint density at radius 3 is 2.89 bits per heavy atom. The zero-order valence-corrected chi connectivity index (χ0v) is 16.5. The molecule has 0 saturated heterocycles. The predicted molar refractivity (Wildman–Crippen MR) is 106 cm³/mol. The monoisotopic (exact) mass is 397 g/mol. The Labute approximate surface area is 165 Å². The van der Waals surface area contributed by atoms with Crippen LogP contribution in [-0.2, 0) is 16.2 Å². The lowest BCUT2D eigenvalue weighted by atomic mass is 10.1. The van der Waals surface area contributed by atoms with Crippen LogP contribution >= 0.6 is 11.3 Å². The molecule has 4 aromatic rings. The molecule has 0 amide bonds. The highest BCUT2D eigenvalue weighted by Crippen LogP contribution is 2.33.